The Morgan fingerprint density at radius 3 is 2.61 bits per heavy atom. The van der Waals surface area contributed by atoms with Crippen molar-refractivity contribution in [2.75, 3.05) is 11.3 Å². The average molecular weight is 400 g/mol. The minimum absolute atomic E-state index is 0.125. The summed E-state index contributed by atoms with van der Waals surface area (Å²) in [5, 5.41) is 3.08. The third kappa shape index (κ3) is 3.53. The summed E-state index contributed by atoms with van der Waals surface area (Å²) >= 11 is 0. The van der Waals surface area contributed by atoms with Crippen molar-refractivity contribution in [3.63, 3.8) is 0 Å². The SMILES string of the molecule is NC1=NS(=O)(=O)Nc2cccc(OCC3(NC(=O)c4ccccc4)CCC3)c21. The molecule has 0 aromatic heterocycles. The number of carbonyl (C=O) groups excluding carboxylic acids is 1. The van der Waals surface area contributed by atoms with E-state index in [2.05, 4.69) is 14.4 Å². The second-order valence-electron chi connectivity index (χ2n) is 6.98. The summed E-state index contributed by atoms with van der Waals surface area (Å²) in [5.74, 6) is 0.148. The van der Waals surface area contributed by atoms with Gasteiger partial charge in [0.15, 0.2) is 5.84 Å². The minimum Gasteiger partial charge on any atom is -0.490 e. The molecule has 1 aliphatic carbocycles. The number of benzene rings is 2. The Morgan fingerprint density at radius 1 is 1.18 bits per heavy atom. The topological polar surface area (TPSA) is 123 Å². The molecule has 8 nitrogen and oxygen atoms in total. The Morgan fingerprint density at radius 2 is 1.93 bits per heavy atom. The van der Waals surface area contributed by atoms with Crippen LogP contribution in [0.3, 0.4) is 0 Å². The highest BCUT2D eigenvalue weighted by Gasteiger charge is 2.40. The molecule has 4 rings (SSSR count). The van der Waals surface area contributed by atoms with Gasteiger partial charge in [0.25, 0.3) is 5.91 Å². The van der Waals surface area contributed by atoms with Crippen LogP contribution in [0.4, 0.5) is 5.69 Å². The highest BCUT2D eigenvalue weighted by molar-refractivity contribution is 7.91. The van der Waals surface area contributed by atoms with Crippen molar-refractivity contribution in [2.24, 2.45) is 10.1 Å². The number of nitrogens with two attached hydrogens (primary N) is 1. The van der Waals surface area contributed by atoms with E-state index in [9.17, 15) is 13.2 Å². The molecule has 0 radical (unpaired) electrons. The molecular weight excluding hydrogens is 380 g/mol. The van der Waals surface area contributed by atoms with Crippen LogP contribution in [0.15, 0.2) is 52.9 Å². The summed E-state index contributed by atoms with van der Waals surface area (Å²) < 4.78 is 35.2. The molecule has 2 aromatic rings. The third-order valence-corrected chi connectivity index (χ3v) is 5.88. The Balaban J connectivity index is 1.52. The van der Waals surface area contributed by atoms with E-state index in [1.54, 1.807) is 30.3 Å². The molecule has 0 saturated heterocycles. The molecule has 1 aliphatic heterocycles. The average Bonchev–Trinajstić information content (AvgIpc) is 2.63. The molecule has 1 amide bonds. The first-order valence-corrected chi connectivity index (χ1v) is 10.3. The van der Waals surface area contributed by atoms with Crippen LogP contribution in [-0.2, 0) is 10.2 Å². The lowest BCUT2D eigenvalue weighted by molar-refractivity contribution is 0.0691. The molecule has 9 heteroatoms. The van der Waals surface area contributed by atoms with Gasteiger partial charge in [0.2, 0.25) is 0 Å². The largest absolute Gasteiger partial charge is 0.490 e. The van der Waals surface area contributed by atoms with Gasteiger partial charge in [0.05, 0.1) is 16.8 Å². The number of hydrogen-bond acceptors (Lipinski definition) is 5. The van der Waals surface area contributed by atoms with Crippen molar-refractivity contribution >= 4 is 27.6 Å². The van der Waals surface area contributed by atoms with Crippen molar-refractivity contribution in [3.8, 4) is 5.75 Å². The molecule has 4 N–H and O–H groups in total. The zero-order chi connectivity index (χ0) is 19.8. The highest BCUT2D eigenvalue weighted by Crippen LogP contribution is 2.35. The maximum absolute atomic E-state index is 12.5. The first-order valence-electron chi connectivity index (χ1n) is 8.89. The maximum Gasteiger partial charge on any atom is 0.344 e. The van der Waals surface area contributed by atoms with E-state index in [1.165, 1.54) is 0 Å². The normalized spacial score (nSPS) is 18.6. The molecule has 0 unspecified atom stereocenters. The monoisotopic (exact) mass is 400 g/mol. The fraction of sp³-hybridized carbons (Fsp3) is 0.263. The van der Waals surface area contributed by atoms with Gasteiger partial charge in [-0.3, -0.25) is 9.52 Å². The number of nitrogens with zero attached hydrogens (tertiary/aromatic N) is 1. The summed E-state index contributed by atoms with van der Waals surface area (Å²) in [6.45, 7) is 0.252. The van der Waals surface area contributed by atoms with Crippen molar-refractivity contribution in [1.29, 1.82) is 0 Å². The van der Waals surface area contributed by atoms with E-state index in [0.717, 1.165) is 19.3 Å². The zero-order valence-corrected chi connectivity index (χ0v) is 15.8. The summed E-state index contributed by atoms with van der Waals surface area (Å²) in [6, 6.07) is 14.0. The van der Waals surface area contributed by atoms with E-state index in [4.69, 9.17) is 10.5 Å². The van der Waals surface area contributed by atoms with Crippen LogP contribution < -0.4 is 20.5 Å². The number of rotatable bonds is 5. The fourth-order valence-electron chi connectivity index (χ4n) is 3.36. The Labute approximate surface area is 163 Å². The van der Waals surface area contributed by atoms with Gasteiger partial charge in [-0.15, -0.1) is 4.40 Å². The number of fused-ring (bicyclic) bond motifs is 1. The number of anilines is 1. The second-order valence-corrected chi connectivity index (χ2v) is 8.31. The molecule has 1 fully saturated rings. The van der Waals surface area contributed by atoms with Gasteiger partial charge in [-0.05, 0) is 43.5 Å². The molecule has 2 aromatic carbocycles. The summed E-state index contributed by atoms with van der Waals surface area (Å²) in [4.78, 5) is 12.5. The van der Waals surface area contributed by atoms with Gasteiger partial charge >= 0.3 is 10.2 Å². The van der Waals surface area contributed by atoms with E-state index in [-0.39, 0.29) is 18.3 Å². The predicted molar refractivity (Wildman–Crippen MR) is 106 cm³/mol. The van der Waals surface area contributed by atoms with Crippen LogP contribution in [0.1, 0.15) is 35.2 Å². The van der Waals surface area contributed by atoms with Crippen molar-refractivity contribution in [2.45, 2.75) is 24.8 Å². The Bertz CT molecular complexity index is 1050. The van der Waals surface area contributed by atoms with E-state index >= 15 is 0 Å². The molecular formula is C19H20N4O4S. The molecule has 0 spiro atoms. The molecule has 0 bridgehead atoms. The Hall–Kier alpha value is -3.07. The smallest absolute Gasteiger partial charge is 0.344 e. The molecule has 28 heavy (non-hydrogen) atoms. The number of amidine groups is 1. The van der Waals surface area contributed by atoms with Gasteiger partial charge in [-0.25, -0.2) is 0 Å². The third-order valence-electron chi connectivity index (χ3n) is 4.97. The first kappa shape index (κ1) is 18.3. The quantitative estimate of drug-likeness (QED) is 0.706. The molecule has 146 valence electrons. The van der Waals surface area contributed by atoms with Gasteiger partial charge < -0.3 is 15.8 Å². The van der Waals surface area contributed by atoms with Crippen LogP contribution >= 0.6 is 0 Å². The molecule has 2 aliphatic rings. The van der Waals surface area contributed by atoms with Crippen molar-refractivity contribution < 1.29 is 17.9 Å². The van der Waals surface area contributed by atoms with Crippen molar-refractivity contribution in [3.05, 3.63) is 59.7 Å². The van der Waals surface area contributed by atoms with E-state index in [0.29, 0.717) is 22.6 Å². The molecule has 1 saturated carbocycles. The standard InChI is InChI=1S/C19H20N4O4S/c20-17-16-14(22-28(25,26)23-17)8-4-9-15(16)27-12-19(10-5-11-19)21-18(24)13-6-2-1-3-7-13/h1-4,6-9,22H,5,10-12H2,(H2,20,23)(H,21,24). The van der Waals surface area contributed by atoms with E-state index in [1.807, 2.05) is 18.2 Å². The van der Waals surface area contributed by atoms with Crippen molar-refractivity contribution in [1.82, 2.24) is 5.32 Å². The van der Waals surface area contributed by atoms with Gasteiger partial charge in [0.1, 0.15) is 12.4 Å². The van der Waals surface area contributed by atoms with Gasteiger partial charge in [-0.1, -0.05) is 24.3 Å². The lowest BCUT2D eigenvalue weighted by Crippen LogP contribution is -2.57. The summed E-state index contributed by atoms with van der Waals surface area (Å²) in [7, 11) is -3.85. The second kappa shape index (κ2) is 6.83. The van der Waals surface area contributed by atoms with Crippen LogP contribution in [-0.4, -0.2) is 32.3 Å². The highest BCUT2D eigenvalue weighted by atomic mass is 32.2. The maximum atomic E-state index is 12.5. The summed E-state index contributed by atoms with van der Waals surface area (Å²) in [5.41, 5.74) is 6.70. The van der Waals surface area contributed by atoms with Crippen LogP contribution in [0, 0.1) is 0 Å². The first-order chi connectivity index (χ1) is 13.4. The zero-order valence-electron chi connectivity index (χ0n) is 15.0. The number of hydrogen-bond donors (Lipinski definition) is 3. The van der Waals surface area contributed by atoms with Crippen LogP contribution in [0.2, 0.25) is 0 Å². The van der Waals surface area contributed by atoms with Crippen LogP contribution in [0.5, 0.6) is 5.75 Å². The molecule has 0 atom stereocenters. The minimum atomic E-state index is -3.85. The van der Waals surface area contributed by atoms with Crippen LogP contribution in [0.25, 0.3) is 0 Å². The molecule has 1 heterocycles. The summed E-state index contributed by atoms with van der Waals surface area (Å²) in [6.07, 6.45) is 2.60. The van der Waals surface area contributed by atoms with Gasteiger partial charge in [0, 0.05) is 5.56 Å². The van der Waals surface area contributed by atoms with E-state index < -0.39 is 15.7 Å². The predicted octanol–water partition coefficient (Wildman–Crippen LogP) is 1.79. The lowest BCUT2D eigenvalue weighted by atomic mass is 9.77. The lowest BCUT2D eigenvalue weighted by Gasteiger charge is -2.42. The fourth-order valence-corrected chi connectivity index (χ4v) is 4.21. The number of carbonyl (C=O) groups is 1. The number of nitrogens with one attached hydrogen (secondary N) is 2. The number of ether oxygens (including phenoxy) is 1. The number of amides is 1. The van der Waals surface area contributed by atoms with Gasteiger partial charge in [-0.2, -0.15) is 8.42 Å². The Kier molecular flexibility index (Phi) is 4.46.